The normalized spacial score (nSPS) is 16.7. The van der Waals surface area contributed by atoms with Gasteiger partial charge in [0.15, 0.2) is 0 Å². The Hall–Kier alpha value is -2.06. The van der Waals surface area contributed by atoms with Crippen molar-refractivity contribution in [2.45, 2.75) is 18.0 Å². The van der Waals surface area contributed by atoms with E-state index in [1.807, 2.05) is 11.8 Å². The number of alkyl halides is 3. The van der Waals surface area contributed by atoms with Crippen molar-refractivity contribution in [3.05, 3.63) is 59.7 Å². The van der Waals surface area contributed by atoms with E-state index in [-0.39, 0.29) is 18.0 Å². The van der Waals surface area contributed by atoms with Crippen LogP contribution >= 0.6 is 0 Å². The van der Waals surface area contributed by atoms with Crippen LogP contribution in [0.4, 0.5) is 18.9 Å². The Bertz CT molecular complexity index is 855. The highest BCUT2D eigenvalue weighted by atomic mass is 32.2. The van der Waals surface area contributed by atoms with Crippen LogP contribution in [0.15, 0.2) is 53.4 Å². The fraction of sp³-hybridized carbons (Fsp3) is 0.333. The zero-order chi connectivity index (χ0) is 18.9. The molecule has 1 aliphatic rings. The molecule has 140 valence electrons. The topological polar surface area (TPSA) is 40.6 Å². The lowest BCUT2D eigenvalue weighted by atomic mass is 10.2. The van der Waals surface area contributed by atoms with Crippen LogP contribution in [0.3, 0.4) is 0 Å². The summed E-state index contributed by atoms with van der Waals surface area (Å²) < 4.78 is 64.7. The average molecular weight is 384 g/mol. The van der Waals surface area contributed by atoms with Gasteiger partial charge in [0.25, 0.3) is 0 Å². The molecule has 0 amide bonds. The maximum absolute atomic E-state index is 12.7. The van der Waals surface area contributed by atoms with Crippen LogP contribution in [-0.2, 0) is 16.2 Å². The summed E-state index contributed by atoms with van der Waals surface area (Å²) in [6, 6.07) is 11.6. The van der Waals surface area contributed by atoms with Gasteiger partial charge in [0.05, 0.1) is 10.5 Å². The SMILES string of the molecule is Cc1ccc(S(=O)(=O)N2CCN(c3ccc(C(F)(F)F)cc3)CC2)cc1. The summed E-state index contributed by atoms with van der Waals surface area (Å²) in [7, 11) is -3.55. The summed E-state index contributed by atoms with van der Waals surface area (Å²) >= 11 is 0. The molecule has 0 aromatic heterocycles. The molecule has 2 aromatic rings. The van der Waals surface area contributed by atoms with Crippen molar-refractivity contribution in [1.29, 1.82) is 0 Å². The van der Waals surface area contributed by atoms with Gasteiger partial charge in [-0.2, -0.15) is 17.5 Å². The van der Waals surface area contributed by atoms with Crippen LogP contribution in [0.25, 0.3) is 0 Å². The Morgan fingerprint density at radius 2 is 1.38 bits per heavy atom. The first kappa shape index (κ1) is 18.7. The minimum atomic E-state index is -4.36. The summed E-state index contributed by atoms with van der Waals surface area (Å²) in [4.78, 5) is 2.15. The Balaban J connectivity index is 1.68. The van der Waals surface area contributed by atoms with Gasteiger partial charge in [-0.25, -0.2) is 8.42 Å². The van der Waals surface area contributed by atoms with Crippen LogP contribution < -0.4 is 4.90 Å². The maximum atomic E-state index is 12.7. The maximum Gasteiger partial charge on any atom is 0.416 e. The van der Waals surface area contributed by atoms with E-state index in [9.17, 15) is 21.6 Å². The number of hydrogen-bond acceptors (Lipinski definition) is 3. The Labute approximate surface area is 150 Å². The van der Waals surface area contributed by atoms with Crippen LogP contribution in [0.5, 0.6) is 0 Å². The molecule has 4 nitrogen and oxygen atoms in total. The zero-order valence-electron chi connectivity index (χ0n) is 14.2. The Kier molecular flexibility index (Phi) is 4.98. The van der Waals surface area contributed by atoms with Crippen molar-refractivity contribution in [2.24, 2.45) is 0 Å². The van der Waals surface area contributed by atoms with Gasteiger partial charge in [-0.1, -0.05) is 17.7 Å². The van der Waals surface area contributed by atoms with Gasteiger partial charge in [0.1, 0.15) is 0 Å². The lowest BCUT2D eigenvalue weighted by molar-refractivity contribution is -0.137. The first-order valence-electron chi connectivity index (χ1n) is 8.17. The van der Waals surface area contributed by atoms with Gasteiger partial charge in [0.2, 0.25) is 10.0 Å². The third-order valence-electron chi connectivity index (χ3n) is 4.46. The summed E-state index contributed by atoms with van der Waals surface area (Å²) in [5, 5.41) is 0. The van der Waals surface area contributed by atoms with Crippen molar-refractivity contribution in [2.75, 3.05) is 31.1 Å². The molecule has 0 saturated carbocycles. The quantitative estimate of drug-likeness (QED) is 0.813. The Morgan fingerprint density at radius 3 is 1.88 bits per heavy atom. The molecular weight excluding hydrogens is 365 g/mol. The molecule has 26 heavy (non-hydrogen) atoms. The lowest BCUT2D eigenvalue weighted by Crippen LogP contribution is -2.48. The number of rotatable bonds is 3. The van der Waals surface area contributed by atoms with Gasteiger partial charge < -0.3 is 4.90 Å². The first-order chi connectivity index (χ1) is 12.2. The smallest absolute Gasteiger partial charge is 0.369 e. The van der Waals surface area contributed by atoms with Crippen LogP contribution in [0, 0.1) is 6.92 Å². The van der Waals surface area contributed by atoms with E-state index in [2.05, 4.69) is 0 Å². The molecule has 0 atom stereocenters. The molecule has 1 heterocycles. The molecular formula is C18H19F3N2O2S. The van der Waals surface area contributed by atoms with Crippen LogP contribution in [0.2, 0.25) is 0 Å². The molecule has 0 aliphatic carbocycles. The number of hydrogen-bond donors (Lipinski definition) is 0. The lowest BCUT2D eigenvalue weighted by Gasteiger charge is -2.35. The van der Waals surface area contributed by atoms with Gasteiger partial charge in [0, 0.05) is 31.9 Å². The molecule has 2 aromatic carbocycles. The molecule has 1 saturated heterocycles. The fourth-order valence-corrected chi connectivity index (χ4v) is 4.33. The highest BCUT2D eigenvalue weighted by molar-refractivity contribution is 7.89. The molecule has 0 spiro atoms. The van der Waals surface area contributed by atoms with Gasteiger partial charge in [-0.3, -0.25) is 0 Å². The molecule has 1 fully saturated rings. The predicted molar refractivity (Wildman–Crippen MR) is 93.6 cm³/mol. The molecule has 0 N–H and O–H groups in total. The van der Waals surface area contributed by atoms with E-state index in [1.165, 1.54) is 16.4 Å². The standard InChI is InChI=1S/C18H19F3N2O2S/c1-14-2-8-17(9-3-14)26(24,25)23-12-10-22(11-13-23)16-6-4-15(5-7-16)18(19,20)21/h2-9H,10-13H2,1H3. The van der Waals surface area contributed by atoms with Crippen molar-refractivity contribution in [3.63, 3.8) is 0 Å². The second-order valence-corrected chi connectivity index (χ2v) is 8.19. The molecule has 1 aliphatic heterocycles. The van der Waals surface area contributed by atoms with Gasteiger partial charge in [-0.05, 0) is 43.3 Å². The van der Waals surface area contributed by atoms with E-state index in [4.69, 9.17) is 0 Å². The summed E-state index contributed by atoms with van der Waals surface area (Å²) in [6.07, 6.45) is -4.36. The predicted octanol–water partition coefficient (Wildman–Crippen LogP) is 3.52. The fourth-order valence-electron chi connectivity index (χ4n) is 2.91. The summed E-state index contributed by atoms with van der Waals surface area (Å²) in [5.41, 5.74) is 0.947. The van der Waals surface area contributed by atoms with E-state index in [0.29, 0.717) is 18.8 Å². The number of aryl methyl sites for hydroxylation is 1. The van der Waals surface area contributed by atoms with E-state index in [0.717, 1.165) is 17.7 Å². The van der Waals surface area contributed by atoms with Crippen molar-refractivity contribution in [1.82, 2.24) is 4.31 Å². The number of nitrogens with zero attached hydrogens (tertiary/aromatic N) is 2. The highest BCUT2D eigenvalue weighted by Crippen LogP contribution is 2.31. The summed E-state index contributed by atoms with van der Waals surface area (Å²) in [6.45, 7) is 3.32. The van der Waals surface area contributed by atoms with Crippen molar-refractivity contribution >= 4 is 15.7 Å². The second-order valence-electron chi connectivity index (χ2n) is 6.25. The van der Waals surface area contributed by atoms with E-state index >= 15 is 0 Å². The van der Waals surface area contributed by atoms with E-state index < -0.39 is 21.8 Å². The van der Waals surface area contributed by atoms with Crippen molar-refractivity contribution < 1.29 is 21.6 Å². The number of anilines is 1. The molecule has 0 bridgehead atoms. The van der Waals surface area contributed by atoms with Crippen LogP contribution in [-0.4, -0.2) is 38.9 Å². The minimum Gasteiger partial charge on any atom is -0.369 e. The zero-order valence-corrected chi connectivity index (χ0v) is 15.0. The summed E-state index contributed by atoms with van der Waals surface area (Å²) in [5.74, 6) is 0. The van der Waals surface area contributed by atoms with Gasteiger partial charge in [-0.15, -0.1) is 0 Å². The number of halogens is 3. The number of benzene rings is 2. The third kappa shape index (κ3) is 3.86. The first-order valence-corrected chi connectivity index (χ1v) is 9.61. The monoisotopic (exact) mass is 384 g/mol. The molecule has 8 heteroatoms. The largest absolute Gasteiger partial charge is 0.416 e. The minimum absolute atomic E-state index is 0.256. The molecule has 3 rings (SSSR count). The second kappa shape index (κ2) is 6.92. The molecule has 0 unspecified atom stereocenters. The highest BCUT2D eigenvalue weighted by Gasteiger charge is 2.31. The van der Waals surface area contributed by atoms with Crippen molar-refractivity contribution in [3.8, 4) is 0 Å². The van der Waals surface area contributed by atoms with Gasteiger partial charge >= 0.3 is 6.18 Å². The Morgan fingerprint density at radius 1 is 0.846 bits per heavy atom. The van der Waals surface area contributed by atoms with E-state index in [1.54, 1.807) is 24.3 Å². The third-order valence-corrected chi connectivity index (χ3v) is 6.37. The number of sulfonamides is 1. The van der Waals surface area contributed by atoms with Crippen LogP contribution in [0.1, 0.15) is 11.1 Å². The molecule has 0 radical (unpaired) electrons. The average Bonchev–Trinajstić information content (AvgIpc) is 2.62. The number of piperazine rings is 1.